The lowest BCUT2D eigenvalue weighted by molar-refractivity contribution is 0.327. The highest BCUT2D eigenvalue weighted by Gasteiger charge is 2.20. The number of hydrogen-bond donors (Lipinski definition) is 1. The van der Waals surface area contributed by atoms with E-state index in [4.69, 9.17) is 0 Å². The van der Waals surface area contributed by atoms with Crippen molar-refractivity contribution in [2.24, 2.45) is 5.92 Å². The summed E-state index contributed by atoms with van der Waals surface area (Å²) in [4.78, 5) is 0. The molecule has 106 valence electrons. The van der Waals surface area contributed by atoms with Gasteiger partial charge >= 0.3 is 0 Å². The number of benzene rings is 1. The van der Waals surface area contributed by atoms with Gasteiger partial charge < -0.3 is 5.32 Å². The number of nitrogens with zero attached hydrogens (tertiary/aromatic N) is 2. The summed E-state index contributed by atoms with van der Waals surface area (Å²) in [5.41, 5.74) is 2.32. The summed E-state index contributed by atoms with van der Waals surface area (Å²) >= 11 is 0. The van der Waals surface area contributed by atoms with Crippen molar-refractivity contribution >= 4 is 5.69 Å². The number of hydrogen-bond acceptors (Lipinski definition) is 2. The van der Waals surface area contributed by atoms with Crippen LogP contribution in [0.15, 0.2) is 42.7 Å². The average molecular weight is 269 g/mol. The summed E-state index contributed by atoms with van der Waals surface area (Å²) in [5.74, 6) is 0.899. The van der Waals surface area contributed by atoms with Gasteiger partial charge in [-0.15, -0.1) is 0 Å². The quantitative estimate of drug-likeness (QED) is 0.899. The zero-order valence-corrected chi connectivity index (χ0v) is 12.1. The van der Waals surface area contributed by atoms with Gasteiger partial charge in [0.25, 0.3) is 0 Å². The molecule has 0 amide bonds. The third-order valence-electron chi connectivity index (χ3n) is 4.35. The molecule has 3 rings (SSSR count). The van der Waals surface area contributed by atoms with Crippen molar-refractivity contribution < 1.29 is 0 Å². The minimum Gasteiger partial charge on any atom is -0.382 e. The van der Waals surface area contributed by atoms with E-state index in [0.717, 1.165) is 11.6 Å². The van der Waals surface area contributed by atoms with Crippen LogP contribution in [-0.2, 0) is 0 Å². The summed E-state index contributed by atoms with van der Waals surface area (Å²) in [6.07, 6.45) is 10.5. The molecule has 1 aromatic carbocycles. The van der Waals surface area contributed by atoms with E-state index in [1.165, 1.54) is 37.8 Å². The van der Waals surface area contributed by atoms with Gasteiger partial charge in [-0.3, -0.25) is 0 Å². The lowest BCUT2D eigenvalue weighted by Crippen LogP contribution is -2.27. The number of anilines is 1. The normalized spacial score (nSPS) is 22.6. The standard InChI is InChI=1S/C17H23N3/c1-2-14-6-3-7-15(12-14)19-16-8-4-9-17(13-16)20-11-5-10-18-20/h4-5,8-11,13-15,19H,2-3,6-7,12H2,1H3. The highest BCUT2D eigenvalue weighted by molar-refractivity contribution is 5.51. The summed E-state index contributed by atoms with van der Waals surface area (Å²) in [6.45, 7) is 2.31. The molecule has 0 spiro atoms. The molecule has 2 aromatic rings. The van der Waals surface area contributed by atoms with Gasteiger partial charge in [-0.25, -0.2) is 4.68 Å². The van der Waals surface area contributed by atoms with Crippen LogP contribution in [0.3, 0.4) is 0 Å². The van der Waals surface area contributed by atoms with Crippen molar-refractivity contribution in [1.82, 2.24) is 9.78 Å². The lowest BCUT2D eigenvalue weighted by Gasteiger charge is -2.30. The Kier molecular flexibility index (Phi) is 4.05. The molecule has 1 aliphatic carbocycles. The molecule has 3 heteroatoms. The largest absolute Gasteiger partial charge is 0.382 e. The maximum Gasteiger partial charge on any atom is 0.0666 e. The molecule has 1 aromatic heterocycles. The molecule has 20 heavy (non-hydrogen) atoms. The van der Waals surface area contributed by atoms with Gasteiger partial charge in [0.1, 0.15) is 0 Å². The average Bonchev–Trinajstić information content (AvgIpc) is 3.02. The third kappa shape index (κ3) is 3.03. The van der Waals surface area contributed by atoms with Gasteiger partial charge in [-0.1, -0.05) is 32.3 Å². The van der Waals surface area contributed by atoms with E-state index in [-0.39, 0.29) is 0 Å². The van der Waals surface area contributed by atoms with Crippen LogP contribution < -0.4 is 5.32 Å². The Labute approximate surface area is 121 Å². The molecule has 2 atom stereocenters. The Morgan fingerprint density at radius 2 is 2.25 bits per heavy atom. The Balaban J connectivity index is 1.70. The monoisotopic (exact) mass is 269 g/mol. The van der Waals surface area contributed by atoms with Gasteiger partial charge in [0.2, 0.25) is 0 Å². The van der Waals surface area contributed by atoms with E-state index in [9.17, 15) is 0 Å². The Morgan fingerprint density at radius 1 is 1.30 bits per heavy atom. The van der Waals surface area contributed by atoms with Crippen LogP contribution in [0, 0.1) is 5.92 Å². The molecular weight excluding hydrogens is 246 g/mol. The number of rotatable bonds is 4. The fourth-order valence-corrected chi connectivity index (χ4v) is 3.19. The fraction of sp³-hybridized carbons (Fsp3) is 0.471. The maximum absolute atomic E-state index is 4.29. The fourth-order valence-electron chi connectivity index (χ4n) is 3.19. The summed E-state index contributed by atoms with van der Waals surface area (Å²) < 4.78 is 1.90. The first-order valence-corrected chi connectivity index (χ1v) is 7.72. The first-order valence-electron chi connectivity index (χ1n) is 7.72. The third-order valence-corrected chi connectivity index (χ3v) is 4.35. The smallest absolute Gasteiger partial charge is 0.0666 e. The van der Waals surface area contributed by atoms with Crippen LogP contribution in [0.25, 0.3) is 5.69 Å². The molecule has 2 unspecified atom stereocenters. The van der Waals surface area contributed by atoms with Crippen molar-refractivity contribution in [2.75, 3.05) is 5.32 Å². The minimum absolute atomic E-state index is 0.626. The molecule has 0 aliphatic heterocycles. The van der Waals surface area contributed by atoms with E-state index in [1.54, 1.807) is 0 Å². The molecule has 1 N–H and O–H groups in total. The SMILES string of the molecule is CCC1CCCC(Nc2cccc(-n3cccn3)c2)C1. The van der Waals surface area contributed by atoms with Crippen molar-refractivity contribution in [1.29, 1.82) is 0 Å². The van der Waals surface area contributed by atoms with Gasteiger partial charge in [0.05, 0.1) is 5.69 Å². The lowest BCUT2D eigenvalue weighted by atomic mass is 9.84. The molecule has 0 bridgehead atoms. The first-order chi connectivity index (χ1) is 9.85. The van der Waals surface area contributed by atoms with Gasteiger partial charge in [0, 0.05) is 24.1 Å². The second-order valence-corrected chi connectivity index (χ2v) is 5.78. The van der Waals surface area contributed by atoms with E-state index in [0.29, 0.717) is 6.04 Å². The summed E-state index contributed by atoms with van der Waals surface area (Å²) in [6, 6.07) is 11.1. The number of nitrogens with one attached hydrogen (secondary N) is 1. The second-order valence-electron chi connectivity index (χ2n) is 5.78. The second kappa shape index (κ2) is 6.12. The predicted molar refractivity (Wildman–Crippen MR) is 83.2 cm³/mol. The Morgan fingerprint density at radius 3 is 3.05 bits per heavy atom. The molecule has 1 aliphatic rings. The maximum atomic E-state index is 4.29. The first kappa shape index (κ1) is 13.2. The molecule has 0 radical (unpaired) electrons. The van der Waals surface area contributed by atoms with Crippen LogP contribution in [0.2, 0.25) is 0 Å². The number of aromatic nitrogens is 2. The van der Waals surface area contributed by atoms with Crippen molar-refractivity contribution in [3.8, 4) is 5.69 Å². The van der Waals surface area contributed by atoms with Gasteiger partial charge in [-0.2, -0.15) is 5.10 Å². The molecule has 1 heterocycles. The van der Waals surface area contributed by atoms with Crippen LogP contribution in [0.4, 0.5) is 5.69 Å². The summed E-state index contributed by atoms with van der Waals surface area (Å²) in [7, 11) is 0. The van der Waals surface area contributed by atoms with Crippen LogP contribution in [0.1, 0.15) is 39.0 Å². The highest BCUT2D eigenvalue weighted by Crippen LogP contribution is 2.29. The van der Waals surface area contributed by atoms with E-state index in [1.807, 2.05) is 23.1 Å². The van der Waals surface area contributed by atoms with E-state index in [2.05, 4.69) is 41.6 Å². The zero-order chi connectivity index (χ0) is 13.8. The minimum atomic E-state index is 0.626. The highest BCUT2D eigenvalue weighted by atomic mass is 15.3. The van der Waals surface area contributed by atoms with Crippen LogP contribution in [0.5, 0.6) is 0 Å². The van der Waals surface area contributed by atoms with Crippen molar-refractivity contribution in [3.05, 3.63) is 42.7 Å². The summed E-state index contributed by atoms with van der Waals surface area (Å²) in [5, 5.41) is 7.99. The topological polar surface area (TPSA) is 29.9 Å². The molecule has 1 saturated carbocycles. The Hall–Kier alpha value is -1.77. The molecular formula is C17H23N3. The van der Waals surface area contributed by atoms with Crippen LogP contribution >= 0.6 is 0 Å². The van der Waals surface area contributed by atoms with Gasteiger partial charge in [0.15, 0.2) is 0 Å². The molecule has 3 nitrogen and oxygen atoms in total. The molecule has 0 saturated heterocycles. The van der Waals surface area contributed by atoms with E-state index < -0.39 is 0 Å². The predicted octanol–water partition coefficient (Wildman–Crippen LogP) is 4.25. The van der Waals surface area contributed by atoms with Gasteiger partial charge in [-0.05, 0) is 43.0 Å². The van der Waals surface area contributed by atoms with E-state index >= 15 is 0 Å². The van der Waals surface area contributed by atoms with Crippen molar-refractivity contribution in [2.45, 2.75) is 45.1 Å². The van der Waals surface area contributed by atoms with Crippen molar-refractivity contribution in [3.63, 3.8) is 0 Å². The molecule has 1 fully saturated rings. The van der Waals surface area contributed by atoms with Crippen LogP contribution in [-0.4, -0.2) is 15.8 Å². The Bertz CT molecular complexity index is 533. The zero-order valence-electron chi connectivity index (χ0n) is 12.1.